The molecule has 2 saturated heterocycles. The summed E-state index contributed by atoms with van der Waals surface area (Å²) in [4.78, 5) is 18.1. The molecule has 32 heavy (non-hydrogen) atoms. The van der Waals surface area contributed by atoms with Gasteiger partial charge in [-0.05, 0) is 11.1 Å². The number of hydrogen-bond acceptors (Lipinski definition) is 7. The predicted molar refractivity (Wildman–Crippen MR) is 125 cm³/mol. The zero-order chi connectivity index (χ0) is 22.6. The van der Waals surface area contributed by atoms with Crippen molar-refractivity contribution < 1.29 is 14.6 Å². The number of allylic oxidation sites excluding steroid dienone is 1. The van der Waals surface area contributed by atoms with Gasteiger partial charge in [0.25, 0.3) is 0 Å². The monoisotopic (exact) mass is 455 g/mol. The Hall–Kier alpha value is -3.10. The summed E-state index contributed by atoms with van der Waals surface area (Å²) >= 11 is 6.59. The maximum absolute atomic E-state index is 11.5. The smallest absolute Gasteiger partial charge is 0.407 e. The molecule has 2 aliphatic heterocycles. The van der Waals surface area contributed by atoms with E-state index in [1.165, 1.54) is 6.21 Å². The van der Waals surface area contributed by atoms with Gasteiger partial charge < -0.3 is 30.8 Å². The molecule has 4 rings (SSSR count). The van der Waals surface area contributed by atoms with E-state index in [4.69, 9.17) is 26.9 Å². The third-order valence-corrected chi connectivity index (χ3v) is 6.20. The fourth-order valence-electron chi connectivity index (χ4n) is 4.18. The first kappa shape index (κ1) is 22.1. The van der Waals surface area contributed by atoms with Crippen molar-refractivity contribution in [2.75, 3.05) is 37.7 Å². The molecule has 0 atom stereocenters. The molecule has 3 heterocycles. The topological polar surface area (TPSA) is 111 Å². The van der Waals surface area contributed by atoms with Gasteiger partial charge in [-0.1, -0.05) is 35.9 Å². The lowest BCUT2D eigenvalue weighted by molar-refractivity contribution is 0.0367. The van der Waals surface area contributed by atoms with Crippen LogP contribution in [0.5, 0.6) is 0 Å². The second kappa shape index (κ2) is 9.58. The molecule has 1 aromatic carbocycles. The number of anilines is 1. The van der Waals surface area contributed by atoms with E-state index in [0.717, 1.165) is 53.9 Å². The van der Waals surface area contributed by atoms with Crippen LogP contribution in [0.3, 0.4) is 0 Å². The molecular formula is C23H26ClN5O3. The van der Waals surface area contributed by atoms with Gasteiger partial charge in [0, 0.05) is 68.4 Å². The summed E-state index contributed by atoms with van der Waals surface area (Å²) in [6.07, 6.45) is 7.59. The molecule has 0 unspecified atom stereocenters. The predicted octanol–water partition coefficient (Wildman–Crippen LogP) is 3.05. The molecular weight excluding hydrogens is 430 g/mol. The zero-order valence-corrected chi connectivity index (χ0v) is 18.4. The number of aromatic nitrogens is 1. The quantitative estimate of drug-likeness (QED) is 0.377. The number of ether oxygens (including phenoxy) is 1. The number of carbonyl (C=O) groups is 1. The van der Waals surface area contributed by atoms with Gasteiger partial charge in [-0.15, -0.1) is 0 Å². The third kappa shape index (κ3) is 4.56. The Morgan fingerprint density at radius 2 is 2.06 bits per heavy atom. The molecule has 168 valence electrons. The van der Waals surface area contributed by atoms with Gasteiger partial charge in [0.15, 0.2) is 0 Å². The summed E-state index contributed by atoms with van der Waals surface area (Å²) in [6, 6.07) is 7.88. The maximum Gasteiger partial charge on any atom is 0.407 e. The van der Waals surface area contributed by atoms with E-state index >= 15 is 0 Å². The average molecular weight is 456 g/mol. The lowest BCUT2D eigenvalue weighted by Crippen LogP contribution is -2.46. The van der Waals surface area contributed by atoms with Gasteiger partial charge in [0.05, 0.1) is 23.9 Å². The van der Waals surface area contributed by atoms with Crippen molar-refractivity contribution >= 4 is 35.2 Å². The summed E-state index contributed by atoms with van der Waals surface area (Å²) in [6.45, 7) is 2.46. The van der Waals surface area contributed by atoms with E-state index in [1.807, 2.05) is 30.5 Å². The molecule has 8 nitrogen and oxygen atoms in total. The summed E-state index contributed by atoms with van der Waals surface area (Å²) < 4.78 is 5.54. The van der Waals surface area contributed by atoms with Crippen molar-refractivity contribution in [2.24, 2.45) is 0 Å². The average Bonchev–Trinajstić information content (AvgIpc) is 3.17. The van der Waals surface area contributed by atoms with Crippen molar-refractivity contribution in [1.82, 2.24) is 15.6 Å². The maximum atomic E-state index is 11.5. The largest absolute Gasteiger partial charge is 0.441 e. The lowest BCUT2D eigenvalue weighted by atomic mass is 9.91. The molecule has 9 heteroatoms. The number of amides is 1. The van der Waals surface area contributed by atoms with Crippen LogP contribution >= 0.6 is 11.6 Å². The molecule has 0 radical (unpaired) electrons. The second-order valence-corrected chi connectivity index (χ2v) is 8.34. The Labute approximate surface area is 191 Å². The van der Waals surface area contributed by atoms with Crippen LogP contribution in [0.15, 0.2) is 42.9 Å². The number of nitrogens with zero attached hydrogens (tertiary/aromatic N) is 2. The van der Waals surface area contributed by atoms with Crippen molar-refractivity contribution in [2.45, 2.75) is 18.4 Å². The molecule has 1 spiro atoms. The van der Waals surface area contributed by atoms with Crippen molar-refractivity contribution in [3.05, 3.63) is 53.4 Å². The Morgan fingerprint density at radius 1 is 1.31 bits per heavy atom. The van der Waals surface area contributed by atoms with Crippen LogP contribution < -0.4 is 15.5 Å². The van der Waals surface area contributed by atoms with Crippen molar-refractivity contribution in [1.29, 1.82) is 5.41 Å². The van der Waals surface area contributed by atoms with Crippen LogP contribution in [0.1, 0.15) is 18.4 Å². The van der Waals surface area contributed by atoms with Crippen molar-refractivity contribution in [3.63, 3.8) is 0 Å². The molecule has 2 aliphatic rings. The van der Waals surface area contributed by atoms with Gasteiger partial charge >= 0.3 is 6.09 Å². The molecule has 1 aromatic heterocycles. The first-order chi connectivity index (χ1) is 15.5. The highest BCUT2D eigenvalue weighted by Crippen LogP contribution is 2.40. The first-order valence-electron chi connectivity index (χ1n) is 10.6. The molecule has 0 aliphatic carbocycles. The van der Waals surface area contributed by atoms with E-state index in [9.17, 15) is 4.79 Å². The van der Waals surface area contributed by atoms with Gasteiger partial charge in [-0.25, -0.2) is 4.79 Å². The minimum atomic E-state index is -0.422. The summed E-state index contributed by atoms with van der Waals surface area (Å²) in [5.41, 5.74) is 4.01. The number of hydrogen-bond donors (Lipinski definition) is 4. The number of rotatable bonds is 7. The number of alkyl carbamates (subject to hydrolysis) is 1. The zero-order valence-electron chi connectivity index (χ0n) is 17.6. The van der Waals surface area contributed by atoms with Crippen LogP contribution in [0.25, 0.3) is 16.7 Å². The van der Waals surface area contributed by atoms with E-state index in [1.54, 1.807) is 12.4 Å². The molecule has 2 fully saturated rings. The molecule has 4 N–H and O–H groups in total. The Balaban J connectivity index is 1.56. The Kier molecular flexibility index (Phi) is 6.62. The SMILES string of the molecule is N=C/C(=C\NCCO)c1ccc(-c2cncc(Cl)c2N2CCC3(CC2)CNC(=O)O3)cc1. The highest BCUT2D eigenvalue weighted by Gasteiger charge is 2.43. The summed E-state index contributed by atoms with van der Waals surface area (Å²) in [5, 5.41) is 22.9. The number of nitrogens with one attached hydrogen (secondary N) is 3. The summed E-state index contributed by atoms with van der Waals surface area (Å²) in [7, 11) is 0. The number of pyridine rings is 1. The number of benzene rings is 1. The highest BCUT2D eigenvalue weighted by molar-refractivity contribution is 6.33. The van der Waals surface area contributed by atoms with Gasteiger partial charge in [-0.2, -0.15) is 0 Å². The van der Waals surface area contributed by atoms with Crippen LogP contribution in [-0.2, 0) is 4.74 Å². The first-order valence-corrected chi connectivity index (χ1v) is 10.9. The Morgan fingerprint density at radius 3 is 2.69 bits per heavy atom. The van der Waals surface area contributed by atoms with E-state index in [0.29, 0.717) is 18.1 Å². The number of halogens is 1. The third-order valence-electron chi connectivity index (χ3n) is 5.93. The Bertz CT molecular complexity index is 1020. The van der Waals surface area contributed by atoms with E-state index < -0.39 is 5.60 Å². The summed E-state index contributed by atoms with van der Waals surface area (Å²) in [5.74, 6) is 0. The highest BCUT2D eigenvalue weighted by atomic mass is 35.5. The van der Waals surface area contributed by atoms with Crippen LogP contribution in [0.4, 0.5) is 10.5 Å². The molecule has 1 amide bonds. The van der Waals surface area contributed by atoms with Gasteiger partial charge in [0.2, 0.25) is 0 Å². The standard InChI is InChI=1S/C23H26ClN5O3/c24-20-14-27-13-19(17-3-1-16(2-4-17)18(11-25)12-26-7-10-30)21(20)29-8-5-23(6-9-29)15-28-22(31)32-23/h1-4,11-14,25-26,30H,5-10,15H2,(H,28,31)/b18-12+,25-11?. The van der Waals surface area contributed by atoms with Crippen molar-refractivity contribution in [3.8, 4) is 11.1 Å². The number of piperidine rings is 1. The van der Waals surface area contributed by atoms with E-state index in [2.05, 4.69) is 20.5 Å². The van der Waals surface area contributed by atoms with Gasteiger partial charge in [-0.3, -0.25) is 4.98 Å². The second-order valence-electron chi connectivity index (χ2n) is 7.93. The minimum absolute atomic E-state index is 0.0296. The number of aliphatic hydroxyl groups is 1. The lowest BCUT2D eigenvalue weighted by Gasteiger charge is -2.39. The normalized spacial score (nSPS) is 17.8. The number of carbonyl (C=O) groups excluding carboxylic acids is 1. The molecule has 2 aromatic rings. The number of aliphatic hydroxyl groups excluding tert-OH is 1. The van der Waals surface area contributed by atoms with E-state index in [-0.39, 0.29) is 12.7 Å². The molecule has 0 bridgehead atoms. The van der Waals surface area contributed by atoms with Gasteiger partial charge in [0.1, 0.15) is 5.60 Å². The van der Waals surface area contributed by atoms with Crippen LogP contribution in [-0.4, -0.2) is 60.8 Å². The fraction of sp³-hybridized carbons (Fsp3) is 0.348. The minimum Gasteiger partial charge on any atom is -0.441 e. The molecule has 0 saturated carbocycles. The fourth-order valence-corrected chi connectivity index (χ4v) is 4.45. The van der Waals surface area contributed by atoms with Crippen LogP contribution in [0, 0.1) is 5.41 Å². The van der Waals surface area contributed by atoms with Crippen LogP contribution in [0.2, 0.25) is 5.02 Å².